The number of benzene rings is 1. The molecule has 0 aliphatic heterocycles. The molecule has 8 nitrogen and oxygen atoms in total. The second-order valence-electron chi connectivity index (χ2n) is 10.7. The fraction of sp³-hybridized carbons (Fsp3) is 0.407. The summed E-state index contributed by atoms with van der Waals surface area (Å²) in [7, 11) is -1.16. The van der Waals surface area contributed by atoms with E-state index in [-0.39, 0.29) is 6.04 Å². The zero-order valence-electron chi connectivity index (χ0n) is 21.3. The minimum Gasteiger partial charge on any atom is -0.442 e. The van der Waals surface area contributed by atoms with Gasteiger partial charge in [0, 0.05) is 25.8 Å². The maximum Gasteiger partial charge on any atom is 0.181 e. The molecule has 1 N–H and O–H groups in total. The lowest BCUT2D eigenvalue weighted by Gasteiger charge is -2.27. The fourth-order valence-corrected chi connectivity index (χ4v) is 5.42. The summed E-state index contributed by atoms with van der Waals surface area (Å²) in [4.78, 5) is 8.90. The van der Waals surface area contributed by atoms with Crippen LogP contribution in [0.1, 0.15) is 41.4 Å². The van der Waals surface area contributed by atoms with Crippen molar-refractivity contribution in [3.63, 3.8) is 0 Å². The highest BCUT2D eigenvalue weighted by molar-refractivity contribution is 6.76. The van der Waals surface area contributed by atoms with Gasteiger partial charge in [0.15, 0.2) is 12.2 Å². The number of hydrogen-bond donors (Lipinski definition) is 1. The Hall–Kier alpha value is -3.48. The first-order chi connectivity index (χ1) is 17.3. The van der Waals surface area contributed by atoms with Gasteiger partial charge in [0.1, 0.15) is 18.5 Å². The summed E-state index contributed by atoms with van der Waals surface area (Å²) in [5, 5.41) is 18.9. The zero-order chi connectivity index (χ0) is 25.3. The van der Waals surface area contributed by atoms with E-state index in [9.17, 15) is 5.26 Å². The van der Waals surface area contributed by atoms with Crippen molar-refractivity contribution in [1.29, 1.82) is 5.26 Å². The number of fused-ring (bicyclic) bond motifs is 2. The minimum absolute atomic E-state index is 0.0892. The minimum atomic E-state index is -1.16. The van der Waals surface area contributed by atoms with Crippen LogP contribution >= 0.6 is 0 Å². The lowest BCUT2D eigenvalue weighted by atomic mass is 9.90. The van der Waals surface area contributed by atoms with E-state index >= 15 is 0 Å². The molecule has 1 aliphatic rings. The Kier molecular flexibility index (Phi) is 6.64. The zero-order valence-corrected chi connectivity index (χ0v) is 22.3. The van der Waals surface area contributed by atoms with Gasteiger partial charge in [0.05, 0.1) is 34.7 Å². The predicted molar refractivity (Wildman–Crippen MR) is 142 cm³/mol. The highest BCUT2D eigenvalue weighted by atomic mass is 28.3. The molecule has 0 amide bonds. The van der Waals surface area contributed by atoms with E-state index in [4.69, 9.17) is 19.2 Å². The molecule has 3 heterocycles. The molecule has 3 aromatic heterocycles. The van der Waals surface area contributed by atoms with Crippen molar-refractivity contribution in [2.75, 3.05) is 11.9 Å². The van der Waals surface area contributed by atoms with Crippen molar-refractivity contribution in [3.05, 3.63) is 59.4 Å². The first-order valence-corrected chi connectivity index (χ1v) is 16.2. The highest BCUT2D eigenvalue weighted by Gasteiger charge is 2.24. The van der Waals surface area contributed by atoms with Crippen LogP contribution in [0, 0.1) is 18.3 Å². The molecule has 1 aromatic carbocycles. The molecule has 36 heavy (non-hydrogen) atoms. The number of nitrogens with zero attached hydrogens (tertiary/aromatic N) is 5. The van der Waals surface area contributed by atoms with Gasteiger partial charge in [-0.05, 0) is 62.1 Å². The SMILES string of the molecule is Cc1nc2c(cc1C#N)CCCC2Nc1ccc2c(c1)c(-c1cnco1)nn2COCC[Si](C)(C)C. The Balaban J connectivity index is 1.44. The molecule has 9 heteroatoms. The molecule has 0 radical (unpaired) electrons. The van der Waals surface area contributed by atoms with Gasteiger partial charge in [-0.15, -0.1) is 0 Å². The molecule has 1 atom stereocenters. The number of nitriles is 1. The number of nitrogens with one attached hydrogen (secondary N) is 1. The van der Waals surface area contributed by atoms with Crippen LogP contribution in [0.4, 0.5) is 5.69 Å². The average molecular weight is 501 g/mol. The van der Waals surface area contributed by atoms with Crippen molar-refractivity contribution in [1.82, 2.24) is 19.7 Å². The molecule has 1 unspecified atom stereocenters. The smallest absolute Gasteiger partial charge is 0.181 e. The second-order valence-corrected chi connectivity index (χ2v) is 16.3. The Morgan fingerprint density at radius 2 is 2.14 bits per heavy atom. The summed E-state index contributed by atoms with van der Waals surface area (Å²) >= 11 is 0. The molecular weight excluding hydrogens is 468 g/mol. The monoisotopic (exact) mass is 500 g/mol. The quantitative estimate of drug-likeness (QED) is 0.231. The Morgan fingerprint density at radius 3 is 2.89 bits per heavy atom. The maximum absolute atomic E-state index is 9.40. The third kappa shape index (κ3) is 5.06. The molecule has 5 rings (SSSR count). The lowest BCUT2D eigenvalue weighted by molar-refractivity contribution is 0.0818. The highest BCUT2D eigenvalue weighted by Crippen LogP contribution is 2.35. The summed E-state index contributed by atoms with van der Waals surface area (Å²) in [6.07, 6.45) is 6.11. The topological polar surface area (TPSA) is 102 Å². The Morgan fingerprint density at radius 1 is 1.28 bits per heavy atom. The largest absolute Gasteiger partial charge is 0.442 e. The first kappa shape index (κ1) is 24.2. The van der Waals surface area contributed by atoms with Gasteiger partial charge >= 0.3 is 0 Å². The normalized spacial score (nSPS) is 15.6. The fourth-order valence-electron chi connectivity index (χ4n) is 4.67. The summed E-state index contributed by atoms with van der Waals surface area (Å²) < 4.78 is 13.5. The molecule has 0 saturated heterocycles. The molecule has 0 fully saturated rings. The molecule has 4 aromatic rings. The lowest BCUT2D eigenvalue weighted by Crippen LogP contribution is -2.22. The Labute approximate surface area is 212 Å². The van der Waals surface area contributed by atoms with E-state index in [1.54, 1.807) is 6.20 Å². The van der Waals surface area contributed by atoms with Crippen molar-refractivity contribution in [3.8, 4) is 17.5 Å². The molecular formula is C27H32N6O2Si. The van der Waals surface area contributed by atoms with E-state index in [1.165, 1.54) is 6.39 Å². The number of rotatable bonds is 8. The van der Waals surface area contributed by atoms with Crippen molar-refractivity contribution in [2.45, 2.75) is 64.6 Å². The van der Waals surface area contributed by atoms with E-state index < -0.39 is 8.07 Å². The number of pyridine rings is 1. The summed E-state index contributed by atoms with van der Waals surface area (Å²) in [5.41, 5.74) is 6.36. The van der Waals surface area contributed by atoms with Crippen LogP contribution in [0.3, 0.4) is 0 Å². The number of hydrogen-bond acceptors (Lipinski definition) is 7. The van der Waals surface area contributed by atoms with Gasteiger partial charge in [0.25, 0.3) is 0 Å². The Bertz CT molecular complexity index is 1420. The van der Waals surface area contributed by atoms with Crippen molar-refractivity contribution in [2.24, 2.45) is 0 Å². The number of ether oxygens (including phenoxy) is 1. The van der Waals surface area contributed by atoms with Crippen LogP contribution in [0.25, 0.3) is 22.4 Å². The van der Waals surface area contributed by atoms with Gasteiger partial charge in [0.2, 0.25) is 0 Å². The predicted octanol–water partition coefficient (Wildman–Crippen LogP) is 6.07. The van der Waals surface area contributed by atoms with Crippen LogP contribution in [0.15, 0.2) is 41.3 Å². The molecule has 1 aliphatic carbocycles. The number of oxazole rings is 1. The molecule has 0 spiro atoms. The molecule has 0 saturated carbocycles. The van der Waals surface area contributed by atoms with Crippen LogP contribution in [0.5, 0.6) is 0 Å². The number of anilines is 1. The molecule has 0 bridgehead atoms. The standard InChI is InChI=1S/C27H32N6O2Si/c1-18-20(14-28)12-19-6-5-7-23(26(19)30-18)31-21-8-9-24-22(13-21)27(25-15-29-16-35-25)32-33(24)17-34-10-11-36(2,3)4/h8-9,12-13,15-16,23,31H,5-7,10-11,17H2,1-4H3. The van der Waals surface area contributed by atoms with Gasteiger partial charge in [-0.1, -0.05) is 19.6 Å². The summed E-state index contributed by atoms with van der Waals surface area (Å²) in [5.74, 6) is 0.627. The van der Waals surface area contributed by atoms with Crippen LogP contribution in [-0.2, 0) is 17.9 Å². The van der Waals surface area contributed by atoms with Crippen LogP contribution in [-0.4, -0.2) is 34.4 Å². The van der Waals surface area contributed by atoms with Gasteiger partial charge in [-0.3, -0.25) is 4.98 Å². The van der Waals surface area contributed by atoms with Gasteiger partial charge in [-0.2, -0.15) is 10.4 Å². The third-order valence-corrected chi connectivity index (χ3v) is 8.39. The van der Waals surface area contributed by atoms with Gasteiger partial charge < -0.3 is 14.5 Å². The van der Waals surface area contributed by atoms with E-state index in [0.29, 0.717) is 18.1 Å². The van der Waals surface area contributed by atoms with E-state index in [2.05, 4.69) is 54.2 Å². The number of aryl methyl sites for hydroxylation is 2. The number of aromatic nitrogens is 4. The third-order valence-electron chi connectivity index (χ3n) is 6.68. The second kappa shape index (κ2) is 9.88. The van der Waals surface area contributed by atoms with Crippen molar-refractivity contribution < 1.29 is 9.15 Å². The van der Waals surface area contributed by atoms with Gasteiger partial charge in [-0.25, -0.2) is 9.67 Å². The van der Waals surface area contributed by atoms with E-state index in [1.807, 2.05) is 17.7 Å². The van der Waals surface area contributed by atoms with Crippen molar-refractivity contribution >= 4 is 24.7 Å². The van der Waals surface area contributed by atoms with E-state index in [0.717, 1.165) is 71.1 Å². The summed E-state index contributed by atoms with van der Waals surface area (Å²) in [6.45, 7) is 10.1. The average Bonchev–Trinajstić information content (AvgIpc) is 3.49. The summed E-state index contributed by atoms with van der Waals surface area (Å²) in [6, 6.07) is 11.7. The first-order valence-electron chi connectivity index (χ1n) is 12.5. The van der Waals surface area contributed by atoms with Crippen LogP contribution < -0.4 is 5.32 Å². The molecule has 186 valence electrons. The van der Waals surface area contributed by atoms with Crippen LogP contribution in [0.2, 0.25) is 25.7 Å². The maximum atomic E-state index is 9.40.